The number of halogens is 2. The number of carbonyl (C=O) groups excluding carboxylic acids is 2. The molecule has 3 aromatic rings. The van der Waals surface area contributed by atoms with E-state index < -0.39 is 5.82 Å². The van der Waals surface area contributed by atoms with Crippen molar-refractivity contribution in [2.75, 3.05) is 40.0 Å². The van der Waals surface area contributed by atoms with Crippen LogP contribution in [0.2, 0.25) is 5.02 Å². The molecule has 36 heavy (non-hydrogen) atoms. The largest absolute Gasteiger partial charge is 0.488 e. The van der Waals surface area contributed by atoms with Crippen LogP contribution in [0.5, 0.6) is 5.75 Å². The molecular weight excluding hydrogens is 503 g/mol. The van der Waals surface area contributed by atoms with E-state index in [1.54, 1.807) is 65.8 Å². The number of methoxy groups -OCH3 is 1. The molecule has 4 rings (SSSR count). The van der Waals surface area contributed by atoms with Crippen LogP contribution in [-0.4, -0.2) is 61.6 Å². The Labute approximate surface area is 219 Å². The zero-order chi connectivity index (χ0) is 25.5. The van der Waals surface area contributed by atoms with E-state index in [9.17, 15) is 14.0 Å². The van der Waals surface area contributed by atoms with Crippen molar-refractivity contribution < 1.29 is 23.5 Å². The molecule has 0 saturated carbocycles. The Morgan fingerprint density at radius 3 is 2.72 bits per heavy atom. The first-order valence-corrected chi connectivity index (χ1v) is 13.0. The van der Waals surface area contributed by atoms with Crippen molar-refractivity contribution in [2.24, 2.45) is 0 Å². The molecule has 0 spiro atoms. The average Bonchev–Trinajstić information content (AvgIpc) is 3.37. The standard InChI is InChI=1S/C27H28ClFN2O4S/c1-34-15-6-13-30(27(33)19-7-2-3-8-21(19)28)17-26(32)31-14-11-25-20(12-16-36-25)23(31)18-35-24-10-5-4-9-22(24)29/h2-5,7-10,12,16,23H,6,11,13-15,17-18H2,1H3. The number of ether oxygens (including phenoxy) is 2. The zero-order valence-corrected chi connectivity index (χ0v) is 21.6. The van der Waals surface area contributed by atoms with Gasteiger partial charge >= 0.3 is 0 Å². The first-order chi connectivity index (χ1) is 17.5. The molecule has 2 aromatic carbocycles. The van der Waals surface area contributed by atoms with Gasteiger partial charge < -0.3 is 19.3 Å². The maximum absolute atomic E-state index is 14.2. The van der Waals surface area contributed by atoms with Crippen LogP contribution in [0.15, 0.2) is 60.0 Å². The minimum absolute atomic E-state index is 0.108. The number of thiophene rings is 1. The van der Waals surface area contributed by atoms with Crippen LogP contribution in [0.3, 0.4) is 0 Å². The van der Waals surface area contributed by atoms with Gasteiger partial charge in [-0.25, -0.2) is 4.39 Å². The van der Waals surface area contributed by atoms with Gasteiger partial charge in [0.25, 0.3) is 5.91 Å². The highest BCUT2D eigenvalue weighted by atomic mass is 35.5. The topological polar surface area (TPSA) is 59.1 Å². The van der Waals surface area contributed by atoms with Gasteiger partial charge in [-0.1, -0.05) is 35.9 Å². The zero-order valence-electron chi connectivity index (χ0n) is 20.0. The molecule has 0 radical (unpaired) electrons. The van der Waals surface area contributed by atoms with Crippen LogP contribution in [0.25, 0.3) is 0 Å². The molecule has 0 saturated heterocycles. The monoisotopic (exact) mass is 530 g/mol. The van der Waals surface area contributed by atoms with Crippen LogP contribution in [0.1, 0.15) is 33.3 Å². The van der Waals surface area contributed by atoms with Gasteiger partial charge in [0, 0.05) is 31.7 Å². The highest BCUT2D eigenvalue weighted by molar-refractivity contribution is 7.10. The number of rotatable bonds is 10. The van der Waals surface area contributed by atoms with E-state index in [0.29, 0.717) is 36.7 Å². The Balaban J connectivity index is 1.54. The second-order valence-electron chi connectivity index (χ2n) is 8.45. The van der Waals surface area contributed by atoms with Crippen molar-refractivity contribution in [3.8, 4) is 5.75 Å². The van der Waals surface area contributed by atoms with Crippen molar-refractivity contribution in [3.05, 3.63) is 86.8 Å². The molecule has 190 valence electrons. The second kappa shape index (κ2) is 12.3. The van der Waals surface area contributed by atoms with Crippen molar-refractivity contribution in [1.82, 2.24) is 9.80 Å². The Morgan fingerprint density at radius 2 is 1.94 bits per heavy atom. The first kappa shape index (κ1) is 26.1. The number of para-hydroxylation sites is 1. The van der Waals surface area contributed by atoms with Crippen molar-refractivity contribution in [2.45, 2.75) is 18.9 Å². The Bertz CT molecular complexity index is 1200. The molecule has 0 N–H and O–H groups in total. The summed E-state index contributed by atoms with van der Waals surface area (Å²) >= 11 is 7.91. The van der Waals surface area contributed by atoms with Gasteiger partial charge in [0.05, 0.1) is 16.6 Å². The van der Waals surface area contributed by atoms with Crippen LogP contribution >= 0.6 is 22.9 Å². The molecule has 6 nitrogen and oxygen atoms in total. The molecule has 2 heterocycles. The normalized spacial score (nSPS) is 14.9. The molecule has 9 heteroatoms. The number of fused-ring (bicyclic) bond motifs is 1. The number of hydrogen-bond donors (Lipinski definition) is 0. The van der Waals surface area contributed by atoms with Gasteiger partial charge in [-0.3, -0.25) is 9.59 Å². The van der Waals surface area contributed by atoms with Gasteiger partial charge in [-0.15, -0.1) is 11.3 Å². The Hall–Kier alpha value is -2.94. The molecule has 0 aliphatic carbocycles. The number of benzene rings is 2. The quantitative estimate of drug-likeness (QED) is 0.337. The van der Waals surface area contributed by atoms with E-state index in [1.807, 2.05) is 11.4 Å². The summed E-state index contributed by atoms with van der Waals surface area (Å²) in [6, 6.07) is 14.6. The molecule has 1 aromatic heterocycles. The third-order valence-electron chi connectivity index (χ3n) is 6.14. The first-order valence-electron chi connectivity index (χ1n) is 11.8. The fourth-order valence-corrected chi connectivity index (χ4v) is 5.46. The maximum atomic E-state index is 14.2. The molecule has 1 atom stereocenters. The molecule has 2 amide bonds. The number of hydrogen-bond acceptors (Lipinski definition) is 5. The van der Waals surface area contributed by atoms with Gasteiger partial charge in [0.15, 0.2) is 11.6 Å². The number of amides is 2. The lowest BCUT2D eigenvalue weighted by molar-refractivity contribution is -0.135. The minimum atomic E-state index is -0.452. The van der Waals surface area contributed by atoms with E-state index in [4.69, 9.17) is 21.1 Å². The third kappa shape index (κ3) is 6.06. The van der Waals surface area contributed by atoms with Crippen molar-refractivity contribution in [3.63, 3.8) is 0 Å². The lowest BCUT2D eigenvalue weighted by Gasteiger charge is -2.37. The summed E-state index contributed by atoms with van der Waals surface area (Å²) in [6.07, 6.45) is 1.30. The van der Waals surface area contributed by atoms with Crippen LogP contribution < -0.4 is 4.74 Å². The van der Waals surface area contributed by atoms with Crippen LogP contribution in [0, 0.1) is 5.82 Å². The summed E-state index contributed by atoms with van der Waals surface area (Å²) in [4.78, 5) is 31.4. The number of carbonyl (C=O) groups is 2. The highest BCUT2D eigenvalue weighted by Gasteiger charge is 2.34. The second-order valence-corrected chi connectivity index (χ2v) is 9.85. The van der Waals surface area contributed by atoms with E-state index in [2.05, 4.69) is 0 Å². The summed E-state index contributed by atoms with van der Waals surface area (Å²) in [5.74, 6) is -0.821. The van der Waals surface area contributed by atoms with Crippen molar-refractivity contribution in [1.29, 1.82) is 0 Å². The lowest BCUT2D eigenvalue weighted by atomic mass is 10.0. The van der Waals surface area contributed by atoms with Gasteiger partial charge in [-0.2, -0.15) is 0 Å². The third-order valence-corrected chi connectivity index (χ3v) is 7.47. The van der Waals surface area contributed by atoms with Crippen LogP contribution in [-0.2, 0) is 16.0 Å². The molecular formula is C27H28ClFN2O4S. The predicted molar refractivity (Wildman–Crippen MR) is 138 cm³/mol. The van der Waals surface area contributed by atoms with Gasteiger partial charge in [0.2, 0.25) is 5.91 Å². The minimum Gasteiger partial charge on any atom is -0.488 e. The lowest BCUT2D eigenvalue weighted by Crippen LogP contribution is -2.48. The van der Waals surface area contributed by atoms with Crippen molar-refractivity contribution >= 4 is 34.8 Å². The molecule has 1 aliphatic rings. The highest BCUT2D eigenvalue weighted by Crippen LogP contribution is 2.34. The summed E-state index contributed by atoms with van der Waals surface area (Å²) in [5, 5.41) is 2.33. The average molecular weight is 531 g/mol. The van der Waals surface area contributed by atoms with E-state index in [0.717, 1.165) is 12.0 Å². The Morgan fingerprint density at radius 1 is 1.17 bits per heavy atom. The summed E-state index contributed by atoms with van der Waals surface area (Å²) in [5.41, 5.74) is 1.35. The molecule has 1 aliphatic heterocycles. The van der Waals surface area contributed by atoms with E-state index >= 15 is 0 Å². The summed E-state index contributed by atoms with van der Waals surface area (Å²) in [7, 11) is 1.59. The fraction of sp³-hybridized carbons (Fsp3) is 0.333. The van der Waals surface area contributed by atoms with Gasteiger partial charge in [0.1, 0.15) is 13.2 Å². The van der Waals surface area contributed by atoms with E-state index in [-0.39, 0.29) is 36.8 Å². The Kier molecular flexibility index (Phi) is 8.96. The molecule has 0 bridgehead atoms. The van der Waals surface area contributed by atoms with Gasteiger partial charge in [-0.05, 0) is 54.1 Å². The SMILES string of the molecule is COCCCN(CC(=O)N1CCc2sccc2C1COc1ccccc1F)C(=O)c1ccccc1Cl. The van der Waals surface area contributed by atoms with E-state index in [1.165, 1.54) is 15.8 Å². The number of nitrogens with zero attached hydrogens (tertiary/aromatic N) is 2. The summed E-state index contributed by atoms with van der Waals surface area (Å²) in [6.45, 7) is 1.30. The predicted octanol–water partition coefficient (Wildman–Crippen LogP) is 5.22. The smallest absolute Gasteiger partial charge is 0.255 e. The molecule has 1 unspecified atom stereocenters. The maximum Gasteiger partial charge on any atom is 0.255 e. The molecule has 0 fully saturated rings. The fourth-order valence-electron chi connectivity index (χ4n) is 4.32. The van der Waals surface area contributed by atoms with Crippen LogP contribution in [0.4, 0.5) is 4.39 Å². The summed E-state index contributed by atoms with van der Waals surface area (Å²) < 4.78 is 25.1.